The lowest BCUT2D eigenvalue weighted by molar-refractivity contribution is -0.123. The van der Waals surface area contributed by atoms with Crippen LogP contribution in [0.2, 0.25) is 0 Å². The van der Waals surface area contributed by atoms with Gasteiger partial charge in [-0.05, 0) is 25.0 Å². The first-order valence-electron chi connectivity index (χ1n) is 5.21. The fourth-order valence-electron chi connectivity index (χ4n) is 1.87. The Bertz CT molecular complexity index is 361. The summed E-state index contributed by atoms with van der Waals surface area (Å²) in [5.74, 6) is 0.792. The number of piperidine rings is 1. The number of pyridine rings is 1. The molecule has 0 spiro atoms. The monoisotopic (exact) mass is 205 g/mol. The molecule has 2 heterocycles. The molecule has 1 aliphatic heterocycles. The molecule has 1 atom stereocenters. The SMILES string of the molecule is C[C@H]1CCCN(c2ccc(N)nc2)C1=O. The lowest BCUT2D eigenvalue weighted by Crippen LogP contribution is -2.40. The molecule has 2 rings (SSSR count). The Morgan fingerprint density at radius 1 is 1.53 bits per heavy atom. The highest BCUT2D eigenvalue weighted by molar-refractivity contribution is 5.95. The summed E-state index contributed by atoms with van der Waals surface area (Å²) in [4.78, 5) is 17.7. The number of aromatic nitrogens is 1. The summed E-state index contributed by atoms with van der Waals surface area (Å²) in [6.45, 7) is 2.76. The van der Waals surface area contributed by atoms with Crippen LogP contribution in [0.25, 0.3) is 0 Å². The standard InChI is InChI=1S/C11H15N3O/c1-8-3-2-6-14(11(8)15)9-4-5-10(12)13-7-9/h4-5,7-8H,2-3,6H2,1H3,(H2,12,13)/t8-/m0/s1. The molecule has 1 aromatic heterocycles. The first kappa shape index (κ1) is 9.96. The number of carbonyl (C=O) groups is 1. The number of carbonyl (C=O) groups excluding carboxylic acids is 1. The third-order valence-corrected chi connectivity index (χ3v) is 2.79. The number of nitrogens with zero attached hydrogens (tertiary/aromatic N) is 2. The fraction of sp³-hybridized carbons (Fsp3) is 0.455. The van der Waals surface area contributed by atoms with Crippen molar-refractivity contribution in [1.82, 2.24) is 4.98 Å². The number of hydrogen-bond donors (Lipinski definition) is 1. The molecule has 4 nitrogen and oxygen atoms in total. The van der Waals surface area contributed by atoms with Crippen LogP contribution in [0.5, 0.6) is 0 Å². The van der Waals surface area contributed by atoms with Crippen molar-refractivity contribution in [3.8, 4) is 0 Å². The zero-order valence-electron chi connectivity index (χ0n) is 8.81. The van der Waals surface area contributed by atoms with Crippen molar-refractivity contribution in [1.29, 1.82) is 0 Å². The molecule has 1 amide bonds. The van der Waals surface area contributed by atoms with Crippen LogP contribution in [0.4, 0.5) is 11.5 Å². The van der Waals surface area contributed by atoms with Gasteiger partial charge in [0.25, 0.3) is 0 Å². The number of nitrogens with two attached hydrogens (primary N) is 1. The molecule has 1 aromatic rings. The normalized spacial score (nSPS) is 21.8. The number of anilines is 2. The average molecular weight is 205 g/mol. The summed E-state index contributed by atoms with van der Waals surface area (Å²) in [6.07, 6.45) is 3.69. The summed E-state index contributed by atoms with van der Waals surface area (Å²) >= 11 is 0. The molecule has 0 aromatic carbocycles. The quantitative estimate of drug-likeness (QED) is 0.754. The van der Waals surface area contributed by atoms with Gasteiger partial charge in [0.05, 0.1) is 11.9 Å². The number of hydrogen-bond acceptors (Lipinski definition) is 3. The van der Waals surface area contributed by atoms with Gasteiger partial charge in [-0.1, -0.05) is 6.92 Å². The topological polar surface area (TPSA) is 59.2 Å². The molecule has 0 bridgehead atoms. The van der Waals surface area contributed by atoms with E-state index in [2.05, 4.69) is 4.98 Å². The number of amides is 1. The van der Waals surface area contributed by atoms with Crippen LogP contribution in [-0.2, 0) is 4.79 Å². The Kier molecular flexibility index (Phi) is 2.58. The third-order valence-electron chi connectivity index (χ3n) is 2.79. The van der Waals surface area contributed by atoms with Crippen LogP contribution in [-0.4, -0.2) is 17.4 Å². The van der Waals surface area contributed by atoms with E-state index < -0.39 is 0 Å². The van der Waals surface area contributed by atoms with Crippen molar-refractivity contribution < 1.29 is 4.79 Å². The molecule has 80 valence electrons. The third kappa shape index (κ3) is 1.93. The van der Waals surface area contributed by atoms with E-state index in [4.69, 9.17) is 5.73 Å². The van der Waals surface area contributed by atoms with Crippen LogP contribution < -0.4 is 10.6 Å². The van der Waals surface area contributed by atoms with Gasteiger partial charge in [-0.2, -0.15) is 0 Å². The van der Waals surface area contributed by atoms with Gasteiger partial charge in [-0.15, -0.1) is 0 Å². The second-order valence-electron chi connectivity index (χ2n) is 3.97. The van der Waals surface area contributed by atoms with E-state index in [1.807, 2.05) is 13.0 Å². The summed E-state index contributed by atoms with van der Waals surface area (Å²) < 4.78 is 0. The molecule has 0 saturated carbocycles. The molecule has 4 heteroatoms. The first-order chi connectivity index (χ1) is 7.18. The zero-order valence-corrected chi connectivity index (χ0v) is 8.81. The number of nitrogen functional groups attached to an aromatic ring is 1. The predicted molar refractivity (Wildman–Crippen MR) is 59.4 cm³/mol. The van der Waals surface area contributed by atoms with Crippen LogP contribution in [0, 0.1) is 5.92 Å². The lowest BCUT2D eigenvalue weighted by atomic mass is 9.99. The summed E-state index contributed by atoms with van der Waals surface area (Å²) in [7, 11) is 0. The molecule has 1 fully saturated rings. The van der Waals surface area contributed by atoms with Gasteiger partial charge in [0.15, 0.2) is 0 Å². The maximum atomic E-state index is 11.9. The maximum Gasteiger partial charge on any atom is 0.229 e. The Morgan fingerprint density at radius 2 is 2.33 bits per heavy atom. The van der Waals surface area contributed by atoms with Gasteiger partial charge in [-0.25, -0.2) is 4.98 Å². The van der Waals surface area contributed by atoms with Crippen molar-refractivity contribution in [3.63, 3.8) is 0 Å². The summed E-state index contributed by atoms with van der Waals surface area (Å²) in [5.41, 5.74) is 6.35. The fourth-order valence-corrected chi connectivity index (χ4v) is 1.87. The largest absolute Gasteiger partial charge is 0.384 e. The van der Waals surface area contributed by atoms with Crippen molar-refractivity contribution >= 4 is 17.4 Å². The Labute approximate surface area is 89.1 Å². The van der Waals surface area contributed by atoms with Gasteiger partial charge in [0.1, 0.15) is 5.82 Å². The average Bonchev–Trinajstić information content (AvgIpc) is 2.24. The van der Waals surface area contributed by atoms with E-state index in [1.54, 1.807) is 17.2 Å². The van der Waals surface area contributed by atoms with Gasteiger partial charge in [-0.3, -0.25) is 4.79 Å². The Morgan fingerprint density at radius 3 is 3.00 bits per heavy atom. The summed E-state index contributed by atoms with van der Waals surface area (Å²) in [5, 5.41) is 0. The molecule has 2 N–H and O–H groups in total. The van der Waals surface area contributed by atoms with E-state index in [0.29, 0.717) is 5.82 Å². The molecule has 15 heavy (non-hydrogen) atoms. The Balaban J connectivity index is 2.22. The van der Waals surface area contributed by atoms with Gasteiger partial charge >= 0.3 is 0 Å². The smallest absolute Gasteiger partial charge is 0.229 e. The Hall–Kier alpha value is -1.58. The van der Waals surface area contributed by atoms with Gasteiger partial charge in [0.2, 0.25) is 5.91 Å². The molecule has 1 aliphatic rings. The molecule has 1 saturated heterocycles. The van der Waals surface area contributed by atoms with Crippen molar-refractivity contribution in [2.24, 2.45) is 5.92 Å². The maximum absolute atomic E-state index is 11.9. The van der Waals surface area contributed by atoms with Crippen molar-refractivity contribution in [2.75, 3.05) is 17.2 Å². The molecule has 0 unspecified atom stereocenters. The van der Waals surface area contributed by atoms with E-state index >= 15 is 0 Å². The zero-order chi connectivity index (χ0) is 10.8. The van der Waals surface area contributed by atoms with Crippen molar-refractivity contribution in [2.45, 2.75) is 19.8 Å². The molecular weight excluding hydrogens is 190 g/mol. The van der Waals surface area contributed by atoms with Crippen LogP contribution >= 0.6 is 0 Å². The lowest BCUT2D eigenvalue weighted by Gasteiger charge is -2.30. The van der Waals surface area contributed by atoms with Crippen LogP contribution in [0.1, 0.15) is 19.8 Å². The van der Waals surface area contributed by atoms with Gasteiger partial charge < -0.3 is 10.6 Å². The highest BCUT2D eigenvalue weighted by atomic mass is 16.2. The van der Waals surface area contributed by atoms with Crippen LogP contribution in [0.3, 0.4) is 0 Å². The molecule has 0 aliphatic carbocycles. The minimum atomic E-state index is 0.122. The summed E-state index contributed by atoms with van der Waals surface area (Å²) in [6, 6.07) is 3.57. The first-order valence-corrected chi connectivity index (χ1v) is 5.21. The molecular formula is C11H15N3O. The minimum Gasteiger partial charge on any atom is -0.384 e. The van der Waals surface area contributed by atoms with E-state index in [1.165, 1.54) is 0 Å². The van der Waals surface area contributed by atoms with Gasteiger partial charge in [0, 0.05) is 12.5 Å². The predicted octanol–water partition coefficient (Wildman–Crippen LogP) is 1.43. The van der Waals surface area contributed by atoms with Crippen molar-refractivity contribution in [3.05, 3.63) is 18.3 Å². The second-order valence-corrected chi connectivity index (χ2v) is 3.97. The number of rotatable bonds is 1. The van der Waals surface area contributed by atoms with Crippen LogP contribution in [0.15, 0.2) is 18.3 Å². The highest BCUT2D eigenvalue weighted by Crippen LogP contribution is 2.23. The van der Waals surface area contributed by atoms with E-state index in [9.17, 15) is 4.79 Å². The second kappa shape index (κ2) is 3.88. The van der Waals surface area contributed by atoms with E-state index in [-0.39, 0.29) is 11.8 Å². The van der Waals surface area contributed by atoms with E-state index in [0.717, 1.165) is 25.1 Å². The minimum absolute atomic E-state index is 0.122. The molecule has 0 radical (unpaired) electrons. The highest BCUT2D eigenvalue weighted by Gasteiger charge is 2.26.